The van der Waals surface area contributed by atoms with Crippen molar-refractivity contribution in [1.29, 1.82) is 0 Å². The monoisotopic (exact) mass is 400 g/mol. The van der Waals surface area contributed by atoms with Gasteiger partial charge in [0.05, 0.1) is 19.8 Å². The van der Waals surface area contributed by atoms with Crippen LogP contribution in [0.15, 0.2) is 18.2 Å². The van der Waals surface area contributed by atoms with Gasteiger partial charge in [-0.15, -0.1) is 0 Å². The van der Waals surface area contributed by atoms with Gasteiger partial charge in [0.25, 0.3) is 0 Å². The second-order valence-electron chi connectivity index (χ2n) is 8.95. The number of fused-ring (bicyclic) bond motifs is 4. The first-order chi connectivity index (χ1) is 14.2. The van der Waals surface area contributed by atoms with Crippen molar-refractivity contribution in [2.24, 2.45) is 5.92 Å². The molecule has 158 valence electrons. The van der Waals surface area contributed by atoms with Crippen LogP contribution in [-0.4, -0.2) is 67.7 Å². The van der Waals surface area contributed by atoms with Crippen molar-refractivity contribution in [1.82, 2.24) is 9.80 Å². The molecule has 3 fully saturated rings. The fourth-order valence-electron chi connectivity index (χ4n) is 5.77. The summed E-state index contributed by atoms with van der Waals surface area (Å²) in [6.07, 6.45) is 6.41. The van der Waals surface area contributed by atoms with Crippen LogP contribution in [0.5, 0.6) is 11.5 Å². The predicted molar refractivity (Wildman–Crippen MR) is 109 cm³/mol. The molecule has 0 bridgehead atoms. The highest BCUT2D eigenvalue weighted by molar-refractivity contribution is 5.78. The second-order valence-corrected chi connectivity index (χ2v) is 8.95. The topological polar surface area (TPSA) is 51.2 Å². The predicted octanol–water partition coefficient (Wildman–Crippen LogP) is 3.01. The molecule has 4 aliphatic heterocycles. The molecule has 6 nitrogen and oxygen atoms in total. The van der Waals surface area contributed by atoms with Crippen molar-refractivity contribution in [3.8, 4) is 11.5 Å². The van der Waals surface area contributed by atoms with Crippen LogP contribution in [-0.2, 0) is 9.53 Å². The Labute approximate surface area is 173 Å². The minimum atomic E-state index is -0.267. The van der Waals surface area contributed by atoms with E-state index in [-0.39, 0.29) is 17.6 Å². The Morgan fingerprint density at radius 3 is 2.72 bits per heavy atom. The molecule has 4 heterocycles. The third kappa shape index (κ3) is 3.40. The highest BCUT2D eigenvalue weighted by Gasteiger charge is 2.53. The molecule has 4 aliphatic rings. The molecule has 1 aromatic carbocycles. The molecule has 0 aliphatic carbocycles. The van der Waals surface area contributed by atoms with Crippen LogP contribution in [0, 0.1) is 5.92 Å². The molecule has 3 saturated heterocycles. The van der Waals surface area contributed by atoms with Crippen LogP contribution in [0.3, 0.4) is 0 Å². The second kappa shape index (κ2) is 7.80. The number of ether oxygens (including phenoxy) is 3. The van der Waals surface area contributed by atoms with Crippen LogP contribution in [0.1, 0.15) is 50.2 Å². The van der Waals surface area contributed by atoms with E-state index in [0.717, 1.165) is 75.5 Å². The number of benzene rings is 1. The molecule has 0 aromatic heterocycles. The SMILES string of the molecule is COc1cccc2c1OC1(CCN(C(=O)CN3CCCC3)CC1)[C@H]1CCCO[C@H]21. The summed E-state index contributed by atoms with van der Waals surface area (Å²) >= 11 is 0. The van der Waals surface area contributed by atoms with E-state index in [4.69, 9.17) is 14.2 Å². The van der Waals surface area contributed by atoms with Crippen LogP contribution < -0.4 is 9.47 Å². The Hall–Kier alpha value is -1.79. The molecule has 0 unspecified atom stereocenters. The van der Waals surface area contributed by atoms with Gasteiger partial charge in [0.1, 0.15) is 5.60 Å². The smallest absolute Gasteiger partial charge is 0.236 e. The molecular weight excluding hydrogens is 368 g/mol. The largest absolute Gasteiger partial charge is 0.493 e. The minimum Gasteiger partial charge on any atom is -0.493 e. The summed E-state index contributed by atoms with van der Waals surface area (Å²) in [4.78, 5) is 17.1. The minimum absolute atomic E-state index is 0.0643. The van der Waals surface area contributed by atoms with Crippen molar-refractivity contribution < 1.29 is 19.0 Å². The number of hydrogen-bond donors (Lipinski definition) is 0. The molecule has 1 spiro atoms. The number of carbonyl (C=O) groups excluding carboxylic acids is 1. The van der Waals surface area contributed by atoms with Crippen molar-refractivity contribution in [2.45, 2.75) is 50.2 Å². The molecule has 5 rings (SSSR count). The van der Waals surface area contributed by atoms with E-state index in [2.05, 4.69) is 11.0 Å². The van der Waals surface area contributed by atoms with Gasteiger partial charge >= 0.3 is 0 Å². The van der Waals surface area contributed by atoms with Crippen LogP contribution in [0.2, 0.25) is 0 Å². The summed E-state index contributed by atoms with van der Waals surface area (Å²) in [5.74, 6) is 2.23. The number of hydrogen-bond acceptors (Lipinski definition) is 5. The summed E-state index contributed by atoms with van der Waals surface area (Å²) in [6, 6.07) is 6.10. The Kier molecular flexibility index (Phi) is 5.16. The number of amides is 1. The maximum absolute atomic E-state index is 12.8. The molecule has 29 heavy (non-hydrogen) atoms. The zero-order valence-corrected chi connectivity index (χ0v) is 17.4. The summed E-state index contributed by atoms with van der Waals surface area (Å²) in [5, 5.41) is 0. The Bertz CT molecular complexity index is 753. The van der Waals surface area contributed by atoms with E-state index in [0.29, 0.717) is 12.5 Å². The Morgan fingerprint density at radius 1 is 1.17 bits per heavy atom. The van der Waals surface area contributed by atoms with Gasteiger partial charge in [0.2, 0.25) is 5.91 Å². The molecule has 0 radical (unpaired) electrons. The van der Waals surface area contributed by atoms with E-state index in [1.165, 1.54) is 12.8 Å². The maximum Gasteiger partial charge on any atom is 0.236 e. The van der Waals surface area contributed by atoms with Gasteiger partial charge in [-0.1, -0.05) is 12.1 Å². The highest BCUT2D eigenvalue weighted by Crippen LogP contribution is 2.55. The standard InChI is InChI=1S/C23H32N2O4/c1-27-19-8-4-6-17-21-18(7-5-15-28-21)23(29-22(17)19)9-13-25(14-10-23)20(26)16-24-11-2-3-12-24/h4,6,8,18,21H,2-3,5,7,9-16H2,1H3/t18-,21+/m0/s1. The van der Waals surface area contributed by atoms with Gasteiger partial charge < -0.3 is 19.1 Å². The van der Waals surface area contributed by atoms with Crippen molar-refractivity contribution in [3.63, 3.8) is 0 Å². The third-order valence-corrected chi connectivity index (χ3v) is 7.36. The highest BCUT2D eigenvalue weighted by atomic mass is 16.5. The van der Waals surface area contributed by atoms with Gasteiger partial charge in [0.15, 0.2) is 11.5 Å². The molecule has 0 saturated carbocycles. The molecule has 1 amide bonds. The van der Waals surface area contributed by atoms with E-state index in [1.807, 2.05) is 17.0 Å². The summed E-state index contributed by atoms with van der Waals surface area (Å²) < 4.78 is 18.6. The lowest BCUT2D eigenvalue weighted by molar-refractivity contribution is -0.157. The van der Waals surface area contributed by atoms with E-state index in [1.54, 1.807) is 7.11 Å². The average molecular weight is 401 g/mol. The molecule has 1 aromatic rings. The maximum atomic E-state index is 12.8. The van der Waals surface area contributed by atoms with Crippen LogP contribution >= 0.6 is 0 Å². The lowest BCUT2D eigenvalue weighted by atomic mass is 9.70. The van der Waals surface area contributed by atoms with E-state index in [9.17, 15) is 4.79 Å². The lowest BCUT2D eigenvalue weighted by Crippen LogP contribution is -2.58. The first-order valence-corrected chi connectivity index (χ1v) is 11.2. The van der Waals surface area contributed by atoms with Gasteiger partial charge in [-0.3, -0.25) is 9.69 Å². The van der Waals surface area contributed by atoms with Crippen molar-refractivity contribution in [2.75, 3.05) is 46.4 Å². The van der Waals surface area contributed by atoms with Gasteiger partial charge in [-0.25, -0.2) is 0 Å². The molecule has 0 N–H and O–H groups in total. The molecule has 2 atom stereocenters. The normalized spacial score (nSPS) is 28.5. The van der Waals surface area contributed by atoms with Gasteiger partial charge in [-0.05, 0) is 44.8 Å². The average Bonchev–Trinajstić information content (AvgIpc) is 3.27. The first kappa shape index (κ1) is 19.2. The Morgan fingerprint density at radius 2 is 1.97 bits per heavy atom. The number of rotatable bonds is 3. The van der Waals surface area contributed by atoms with Crippen LogP contribution in [0.25, 0.3) is 0 Å². The number of para-hydroxylation sites is 1. The first-order valence-electron chi connectivity index (χ1n) is 11.2. The zero-order valence-electron chi connectivity index (χ0n) is 17.4. The summed E-state index contributed by atoms with van der Waals surface area (Å²) in [6.45, 7) is 5.02. The van der Waals surface area contributed by atoms with Crippen LogP contribution in [0.4, 0.5) is 0 Å². The third-order valence-electron chi connectivity index (χ3n) is 7.36. The quantitative estimate of drug-likeness (QED) is 0.781. The van der Waals surface area contributed by atoms with Gasteiger partial charge in [0, 0.05) is 44.0 Å². The molecular formula is C23H32N2O4. The zero-order chi connectivity index (χ0) is 19.8. The summed E-state index contributed by atoms with van der Waals surface area (Å²) in [5.41, 5.74) is 0.851. The number of methoxy groups -OCH3 is 1. The fourth-order valence-corrected chi connectivity index (χ4v) is 5.77. The fraction of sp³-hybridized carbons (Fsp3) is 0.696. The number of carbonyl (C=O) groups is 1. The van der Waals surface area contributed by atoms with Gasteiger partial charge in [-0.2, -0.15) is 0 Å². The summed E-state index contributed by atoms with van der Waals surface area (Å²) in [7, 11) is 1.69. The molecule has 6 heteroatoms. The number of piperidine rings is 1. The number of nitrogens with zero attached hydrogens (tertiary/aromatic N) is 2. The van der Waals surface area contributed by atoms with E-state index >= 15 is 0 Å². The van der Waals surface area contributed by atoms with Crippen molar-refractivity contribution in [3.05, 3.63) is 23.8 Å². The lowest BCUT2D eigenvalue weighted by Gasteiger charge is -2.53. The number of likely N-dealkylation sites (tertiary alicyclic amines) is 2. The van der Waals surface area contributed by atoms with E-state index < -0.39 is 0 Å². The van der Waals surface area contributed by atoms with Crippen molar-refractivity contribution >= 4 is 5.91 Å². The Balaban J connectivity index is 1.35.